The van der Waals surface area contributed by atoms with Gasteiger partial charge >= 0.3 is 0 Å². The molecule has 190 valence electrons. The molecule has 0 spiro atoms. The van der Waals surface area contributed by atoms with Crippen molar-refractivity contribution in [3.63, 3.8) is 0 Å². The van der Waals surface area contributed by atoms with Crippen molar-refractivity contribution in [1.29, 1.82) is 0 Å². The Labute approximate surface area is 217 Å². The summed E-state index contributed by atoms with van der Waals surface area (Å²) in [5, 5.41) is 2.10. The fourth-order valence-electron chi connectivity index (χ4n) is 3.53. The lowest BCUT2D eigenvalue weighted by Crippen LogP contribution is -2.36. The van der Waals surface area contributed by atoms with Gasteiger partial charge in [-0.05, 0) is 53.7 Å². The van der Waals surface area contributed by atoms with Crippen LogP contribution in [0.3, 0.4) is 0 Å². The number of anilines is 1. The summed E-state index contributed by atoms with van der Waals surface area (Å²) in [5.74, 6) is -0.259. The zero-order chi connectivity index (χ0) is 26.4. The van der Waals surface area contributed by atoms with Crippen LogP contribution in [0.5, 0.6) is 17.2 Å². The average Bonchev–Trinajstić information content (AvgIpc) is 3.16. The molecule has 1 aliphatic heterocycles. The third-order valence-electron chi connectivity index (χ3n) is 5.38. The number of ether oxygens (including phenoxy) is 3. The summed E-state index contributed by atoms with van der Waals surface area (Å²) in [6.45, 7) is -0.426. The number of halogens is 1. The van der Waals surface area contributed by atoms with Gasteiger partial charge in [-0.25, -0.2) is 4.39 Å². The lowest BCUT2D eigenvalue weighted by Gasteiger charge is -2.14. The van der Waals surface area contributed by atoms with E-state index in [1.165, 1.54) is 26.4 Å². The minimum absolute atomic E-state index is 0.0121. The monoisotopic (exact) mass is 522 g/mol. The SMILES string of the molecule is COc1ccccc1NC(=O)CN1C(=O)S/C(=C/c2ccc(OCc3ccccc3F)c(OC)c2)C1=O. The van der Waals surface area contributed by atoms with Crippen LogP contribution in [0.15, 0.2) is 71.6 Å². The molecule has 10 heteroatoms. The van der Waals surface area contributed by atoms with Gasteiger partial charge in [0, 0.05) is 5.56 Å². The highest BCUT2D eigenvalue weighted by atomic mass is 32.2. The van der Waals surface area contributed by atoms with Crippen LogP contribution in [-0.2, 0) is 16.2 Å². The minimum atomic E-state index is -0.580. The van der Waals surface area contributed by atoms with Gasteiger partial charge in [-0.1, -0.05) is 36.4 Å². The van der Waals surface area contributed by atoms with E-state index in [1.54, 1.807) is 60.7 Å². The van der Waals surface area contributed by atoms with E-state index in [-0.39, 0.29) is 17.3 Å². The second kappa shape index (κ2) is 11.6. The number of amides is 3. The van der Waals surface area contributed by atoms with Gasteiger partial charge in [-0.3, -0.25) is 19.3 Å². The van der Waals surface area contributed by atoms with E-state index >= 15 is 0 Å². The highest BCUT2D eigenvalue weighted by molar-refractivity contribution is 8.18. The fourth-order valence-corrected chi connectivity index (χ4v) is 4.37. The molecule has 3 aromatic carbocycles. The number of nitrogens with one attached hydrogen (secondary N) is 1. The minimum Gasteiger partial charge on any atom is -0.495 e. The zero-order valence-corrected chi connectivity index (χ0v) is 20.8. The molecule has 0 radical (unpaired) electrons. The quantitative estimate of drug-likeness (QED) is 0.391. The van der Waals surface area contributed by atoms with E-state index in [0.717, 1.165) is 16.7 Å². The zero-order valence-electron chi connectivity index (χ0n) is 20.0. The molecule has 0 unspecified atom stereocenters. The van der Waals surface area contributed by atoms with Gasteiger partial charge in [0.05, 0.1) is 24.8 Å². The Morgan fingerprint density at radius 1 is 0.973 bits per heavy atom. The predicted molar refractivity (Wildman–Crippen MR) is 138 cm³/mol. The average molecular weight is 523 g/mol. The topological polar surface area (TPSA) is 94.2 Å². The van der Waals surface area contributed by atoms with E-state index in [4.69, 9.17) is 14.2 Å². The molecule has 0 aliphatic carbocycles. The molecule has 0 aromatic heterocycles. The van der Waals surface area contributed by atoms with Crippen molar-refractivity contribution in [3.05, 3.63) is 88.6 Å². The molecule has 0 bridgehead atoms. The number of thioether (sulfide) groups is 1. The van der Waals surface area contributed by atoms with Crippen molar-refractivity contribution < 1.29 is 33.0 Å². The van der Waals surface area contributed by atoms with Crippen LogP contribution in [0.25, 0.3) is 6.08 Å². The van der Waals surface area contributed by atoms with Crippen molar-refractivity contribution in [1.82, 2.24) is 4.90 Å². The Morgan fingerprint density at radius 2 is 1.70 bits per heavy atom. The molecule has 1 saturated heterocycles. The van der Waals surface area contributed by atoms with E-state index in [0.29, 0.717) is 34.1 Å². The molecule has 0 atom stereocenters. The summed E-state index contributed by atoms with van der Waals surface area (Å²) in [5.41, 5.74) is 1.41. The van der Waals surface area contributed by atoms with Crippen molar-refractivity contribution >= 4 is 40.6 Å². The number of carbonyl (C=O) groups is 3. The molecule has 1 N–H and O–H groups in total. The Hall–Kier alpha value is -4.31. The number of imide groups is 1. The standard InChI is InChI=1S/C27H23FN2O6S/c1-34-21-10-6-5-9-20(21)29-25(31)15-30-26(32)24(37-27(30)33)14-17-11-12-22(23(13-17)35-2)36-16-18-7-3-4-8-19(18)28/h3-14H,15-16H2,1-2H3,(H,29,31)/b24-14+. The first-order chi connectivity index (χ1) is 17.9. The number of benzene rings is 3. The Bertz CT molecular complexity index is 1380. The fraction of sp³-hybridized carbons (Fsp3) is 0.148. The third-order valence-corrected chi connectivity index (χ3v) is 6.29. The van der Waals surface area contributed by atoms with E-state index in [1.807, 2.05) is 0 Å². The number of carbonyl (C=O) groups excluding carboxylic acids is 3. The molecular weight excluding hydrogens is 499 g/mol. The predicted octanol–water partition coefficient (Wildman–Crippen LogP) is 5.10. The van der Waals surface area contributed by atoms with Crippen molar-refractivity contribution in [2.45, 2.75) is 6.61 Å². The number of methoxy groups -OCH3 is 2. The number of hydrogen-bond acceptors (Lipinski definition) is 7. The molecule has 0 saturated carbocycles. The van der Waals surface area contributed by atoms with Crippen LogP contribution in [-0.4, -0.2) is 42.7 Å². The summed E-state index contributed by atoms with van der Waals surface area (Å²) in [7, 11) is 2.94. The van der Waals surface area contributed by atoms with Crippen LogP contribution < -0.4 is 19.5 Å². The second-order valence-corrected chi connectivity index (χ2v) is 8.80. The van der Waals surface area contributed by atoms with Gasteiger partial charge in [0.25, 0.3) is 11.1 Å². The summed E-state index contributed by atoms with van der Waals surface area (Å²) in [6, 6.07) is 18.1. The Morgan fingerprint density at radius 3 is 2.46 bits per heavy atom. The Kier molecular flexibility index (Phi) is 8.09. The van der Waals surface area contributed by atoms with Crippen molar-refractivity contribution in [3.8, 4) is 17.2 Å². The summed E-state index contributed by atoms with van der Waals surface area (Å²) < 4.78 is 30.2. The second-order valence-electron chi connectivity index (χ2n) is 7.81. The molecule has 1 heterocycles. The first-order valence-electron chi connectivity index (χ1n) is 11.1. The van der Waals surface area contributed by atoms with E-state index in [9.17, 15) is 18.8 Å². The summed E-state index contributed by atoms with van der Waals surface area (Å²) >= 11 is 0.739. The normalized spacial score (nSPS) is 14.1. The van der Waals surface area contributed by atoms with Crippen LogP contribution in [0.2, 0.25) is 0 Å². The first-order valence-corrected chi connectivity index (χ1v) is 11.9. The van der Waals surface area contributed by atoms with E-state index in [2.05, 4.69) is 5.32 Å². The number of nitrogens with zero attached hydrogens (tertiary/aromatic N) is 1. The molecule has 1 aliphatic rings. The van der Waals surface area contributed by atoms with Crippen LogP contribution in [0, 0.1) is 5.82 Å². The summed E-state index contributed by atoms with van der Waals surface area (Å²) in [4.78, 5) is 38.9. The molecule has 3 aromatic rings. The lowest BCUT2D eigenvalue weighted by atomic mass is 10.1. The van der Waals surface area contributed by atoms with Gasteiger partial charge in [-0.2, -0.15) is 0 Å². The molecule has 1 fully saturated rings. The lowest BCUT2D eigenvalue weighted by molar-refractivity contribution is -0.127. The first kappa shape index (κ1) is 25.8. The third kappa shape index (κ3) is 6.10. The molecule has 4 rings (SSSR count). The van der Waals surface area contributed by atoms with Gasteiger partial charge in [-0.15, -0.1) is 0 Å². The summed E-state index contributed by atoms with van der Waals surface area (Å²) in [6.07, 6.45) is 1.53. The van der Waals surface area contributed by atoms with Crippen molar-refractivity contribution in [2.24, 2.45) is 0 Å². The highest BCUT2D eigenvalue weighted by Gasteiger charge is 2.36. The van der Waals surface area contributed by atoms with Gasteiger partial charge in [0.15, 0.2) is 11.5 Å². The number of hydrogen-bond donors (Lipinski definition) is 1. The molecule has 3 amide bonds. The maximum Gasteiger partial charge on any atom is 0.294 e. The van der Waals surface area contributed by atoms with Gasteiger partial charge in [0.1, 0.15) is 24.7 Å². The maximum absolute atomic E-state index is 13.9. The number of rotatable bonds is 9. The number of para-hydroxylation sites is 2. The maximum atomic E-state index is 13.9. The Balaban J connectivity index is 1.44. The van der Waals surface area contributed by atoms with Crippen LogP contribution >= 0.6 is 11.8 Å². The molecular formula is C27H23FN2O6S. The molecule has 37 heavy (non-hydrogen) atoms. The van der Waals surface area contributed by atoms with Gasteiger partial charge in [0.2, 0.25) is 5.91 Å². The largest absolute Gasteiger partial charge is 0.495 e. The van der Waals surface area contributed by atoms with Crippen molar-refractivity contribution in [2.75, 3.05) is 26.1 Å². The van der Waals surface area contributed by atoms with Crippen LogP contribution in [0.4, 0.5) is 14.9 Å². The van der Waals surface area contributed by atoms with E-state index < -0.39 is 23.6 Å². The van der Waals surface area contributed by atoms with Gasteiger partial charge < -0.3 is 19.5 Å². The van der Waals surface area contributed by atoms with Crippen LogP contribution in [0.1, 0.15) is 11.1 Å². The smallest absolute Gasteiger partial charge is 0.294 e. The highest BCUT2D eigenvalue weighted by Crippen LogP contribution is 2.35. The molecule has 8 nitrogen and oxygen atoms in total.